The Kier molecular flexibility index (Phi) is 44.1. The minimum absolute atomic E-state index is 0.0607. The topological polar surface area (TPSA) is 175 Å². The van der Waals surface area contributed by atoms with Gasteiger partial charge < -0.3 is 39.0 Å². The summed E-state index contributed by atoms with van der Waals surface area (Å²) in [5.41, 5.74) is 0. The van der Waals surface area contributed by atoms with Gasteiger partial charge in [0.05, 0.1) is 6.61 Å². The third-order valence-corrected chi connectivity index (χ3v) is 12.9. The summed E-state index contributed by atoms with van der Waals surface area (Å²) >= 11 is 0. The first-order valence-corrected chi connectivity index (χ1v) is 28.6. The van der Waals surface area contributed by atoms with Gasteiger partial charge in [0.2, 0.25) is 0 Å². The molecule has 0 bridgehead atoms. The molecule has 1 aliphatic rings. The van der Waals surface area contributed by atoms with E-state index in [2.05, 4.69) is 69.4 Å². The molecule has 0 amide bonds. The molecule has 0 aliphatic carbocycles. The smallest absolute Gasteiger partial charge is 0.335 e. The minimum Gasteiger partial charge on any atom is -0.479 e. The number of hydrogen-bond acceptors (Lipinski definition) is 11. The number of hydrogen-bond donors (Lipinski definition) is 3. The molecule has 1 fully saturated rings. The van der Waals surface area contributed by atoms with Gasteiger partial charge in [0.25, 0.3) is 0 Å². The van der Waals surface area contributed by atoms with Crippen molar-refractivity contribution < 1.29 is 58.2 Å². The molecule has 0 spiro atoms. The third kappa shape index (κ3) is 38.0. The molecule has 0 radical (unpaired) electrons. The van der Waals surface area contributed by atoms with Crippen LogP contribution in [0.2, 0.25) is 0 Å². The van der Waals surface area contributed by atoms with Gasteiger partial charge in [-0.1, -0.05) is 204 Å². The predicted molar refractivity (Wildman–Crippen MR) is 285 cm³/mol. The van der Waals surface area contributed by atoms with Crippen LogP contribution in [0.4, 0.5) is 0 Å². The monoisotopic (exact) mass is 1000 g/mol. The maximum Gasteiger partial charge on any atom is 0.335 e. The van der Waals surface area contributed by atoms with Crippen molar-refractivity contribution in [1.29, 1.82) is 0 Å². The zero-order valence-corrected chi connectivity index (χ0v) is 45.0. The highest BCUT2D eigenvalue weighted by atomic mass is 16.7. The first-order valence-electron chi connectivity index (χ1n) is 28.6. The van der Waals surface area contributed by atoms with Crippen molar-refractivity contribution in [2.75, 3.05) is 13.2 Å². The molecule has 12 heteroatoms. The van der Waals surface area contributed by atoms with Crippen LogP contribution < -0.4 is 0 Å². The number of carboxylic acid groups (broad SMARTS) is 1. The molecule has 71 heavy (non-hydrogen) atoms. The van der Waals surface area contributed by atoms with Crippen LogP contribution in [0, 0.1) is 0 Å². The van der Waals surface area contributed by atoms with Crippen molar-refractivity contribution >= 4 is 23.9 Å². The zero-order chi connectivity index (χ0) is 51.8. The number of allylic oxidation sites excluding steroid dienone is 8. The average molecular weight is 1000 g/mol. The number of carbonyl (C=O) groups excluding carboxylic acids is 3. The Bertz CT molecular complexity index is 1420. The number of carboxylic acids is 1. The molecular weight excluding hydrogens is 901 g/mol. The number of aliphatic hydroxyl groups is 2. The van der Waals surface area contributed by atoms with E-state index in [0.717, 1.165) is 116 Å². The number of esters is 3. The van der Waals surface area contributed by atoms with Crippen molar-refractivity contribution in [3.8, 4) is 0 Å². The van der Waals surface area contributed by atoms with Gasteiger partial charge in [-0.2, -0.15) is 0 Å². The Balaban J connectivity index is 2.70. The summed E-state index contributed by atoms with van der Waals surface area (Å²) in [6, 6.07) is 0. The number of unbranched alkanes of at least 4 members (excludes halogenated alkanes) is 26. The summed E-state index contributed by atoms with van der Waals surface area (Å²) in [4.78, 5) is 51.0. The van der Waals surface area contributed by atoms with Crippen molar-refractivity contribution in [3.63, 3.8) is 0 Å². The summed E-state index contributed by atoms with van der Waals surface area (Å²) in [7, 11) is 0. The zero-order valence-electron chi connectivity index (χ0n) is 45.0. The summed E-state index contributed by atoms with van der Waals surface area (Å²) in [6.45, 7) is 5.87. The summed E-state index contributed by atoms with van der Waals surface area (Å²) in [5, 5.41) is 31.4. The summed E-state index contributed by atoms with van der Waals surface area (Å²) < 4.78 is 28.4. The van der Waals surface area contributed by atoms with Crippen LogP contribution in [-0.4, -0.2) is 89.2 Å². The van der Waals surface area contributed by atoms with Crippen molar-refractivity contribution in [3.05, 3.63) is 48.6 Å². The molecule has 3 N–H and O–H groups in total. The quantitative estimate of drug-likeness (QED) is 0.0228. The Labute approximate surface area is 431 Å². The molecule has 12 nitrogen and oxygen atoms in total. The fraction of sp³-hybridized carbons (Fsp3) is 0.797. The van der Waals surface area contributed by atoms with Crippen molar-refractivity contribution in [2.24, 2.45) is 0 Å². The first-order chi connectivity index (χ1) is 34.6. The van der Waals surface area contributed by atoms with Gasteiger partial charge >= 0.3 is 23.9 Å². The van der Waals surface area contributed by atoms with E-state index in [1.54, 1.807) is 0 Å². The summed E-state index contributed by atoms with van der Waals surface area (Å²) in [5.74, 6) is -3.14. The standard InChI is InChI=1S/C59H102O12/c1-4-7-10-13-16-19-22-24-25-26-27-29-31-33-36-39-42-45-51(60)67-48-50(69-52(61)46-43-40-37-35-32-28-23-20-17-14-11-8-5-2)49-68-59-57(55(64)54(63)56(71-59)58(65)66)70-53(62)47-44-41-38-34-30-21-18-15-12-9-6-3/h11,14,16,19-20,23-25,50,54-57,59,63-64H,4-10,12-13,15,17-18,21-22,26-49H2,1-3H3,(H,65,66)/b14-11-,19-16-,23-20-,25-24-. The van der Waals surface area contributed by atoms with Crippen molar-refractivity contribution in [2.45, 2.75) is 289 Å². The van der Waals surface area contributed by atoms with Gasteiger partial charge in [0.15, 0.2) is 24.6 Å². The molecule has 1 heterocycles. The Morgan fingerprint density at radius 3 is 1.35 bits per heavy atom. The lowest BCUT2D eigenvalue weighted by atomic mass is 9.98. The molecule has 1 saturated heterocycles. The van der Waals surface area contributed by atoms with E-state index in [4.69, 9.17) is 23.7 Å². The molecule has 1 aliphatic heterocycles. The Morgan fingerprint density at radius 2 is 0.873 bits per heavy atom. The van der Waals surface area contributed by atoms with E-state index in [9.17, 15) is 34.5 Å². The Morgan fingerprint density at radius 1 is 0.465 bits per heavy atom. The molecular formula is C59H102O12. The lowest BCUT2D eigenvalue weighted by Crippen LogP contribution is -2.61. The van der Waals surface area contributed by atoms with Crippen LogP contribution in [0.25, 0.3) is 0 Å². The molecule has 410 valence electrons. The molecule has 6 atom stereocenters. The number of rotatable bonds is 48. The van der Waals surface area contributed by atoms with Gasteiger partial charge in [-0.25, -0.2) is 4.79 Å². The van der Waals surface area contributed by atoms with Gasteiger partial charge in [0.1, 0.15) is 18.8 Å². The Hall–Kier alpha value is -3.32. The van der Waals surface area contributed by atoms with E-state index in [1.165, 1.54) is 77.0 Å². The highest BCUT2D eigenvalue weighted by Crippen LogP contribution is 2.26. The number of aliphatic hydroxyl groups excluding tert-OH is 2. The van der Waals surface area contributed by atoms with Gasteiger partial charge in [-0.3, -0.25) is 14.4 Å². The maximum absolute atomic E-state index is 13.1. The van der Waals surface area contributed by atoms with Crippen molar-refractivity contribution in [1.82, 2.24) is 0 Å². The number of carbonyl (C=O) groups is 4. The van der Waals surface area contributed by atoms with Gasteiger partial charge in [0, 0.05) is 19.3 Å². The number of aliphatic carboxylic acids is 1. The molecule has 0 aromatic carbocycles. The second-order valence-corrected chi connectivity index (χ2v) is 19.6. The lowest BCUT2D eigenvalue weighted by molar-refractivity contribution is -0.301. The van der Waals surface area contributed by atoms with Gasteiger partial charge in [-0.15, -0.1) is 0 Å². The van der Waals surface area contributed by atoms with Crippen LogP contribution in [0.3, 0.4) is 0 Å². The van der Waals surface area contributed by atoms with Crippen LogP contribution in [0.1, 0.15) is 252 Å². The van der Waals surface area contributed by atoms with Crippen LogP contribution >= 0.6 is 0 Å². The molecule has 0 aromatic heterocycles. The van der Waals surface area contributed by atoms with Crippen LogP contribution in [0.15, 0.2) is 48.6 Å². The molecule has 1 rings (SSSR count). The maximum atomic E-state index is 13.1. The van der Waals surface area contributed by atoms with E-state index in [-0.39, 0.29) is 25.9 Å². The van der Waals surface area contributed by atoms with Crippen LogP contribution in [-0.2, 0) is 42.9 Å². The minimum atomic E-state index is -1.90. The molecule has 0 aromatic rings. The first kappa shape index (κ1) is 65.7. The van der Waals surface area contributed by atoms with E-state index in [0.29, 0.717) is 19.3 Å². The second-order valence-electron chi connectivity index (χ2n) is 19.6. The average Bonchev–Trinajstić information content (AvgIpc) is 3.35. The largest absolute Gasteiger partial charge is 0.479 e. The molecule has 6 unspecified atom stereocenters. The van der Waals surface area contributed by atoms with Gasteiger partial charge in [-0.05, 0) is 77.0 Å². The lowest BCUT2D eigenvalue weighted by Gasteiger charge is -2.40. The highest BCUT2D eigenvalue weighted by molar-refractivity contribution is 5.74. The van der Waals surface area contributed by atoms with E-state index in [1.807, 2.05) is 0 Å². The fourth-order valence-electron chi connectivity index (χ4n) is 8.44. The second kappa shape index (κ2) is 47.7. The normalized spacial score (nSPS) is 18.8. The molecule has 0 saturated carbocycles. The third-order valence-electron chi connectivity index (χ3n) is 12.9. The van der Waals surface area contributed by atoms with Crippen LogP contribution in [0.5, 0.6) is 0 Å². The van der Waals surface area contributed by atoms with E-state index >= 15 is 0 Å². The predicted octanol–water partition coefficient (Wildman–Crippen LogP) is 14.2. The number of ether oxygens (including phenoxy) is 5. The highest BCUT2D eigenvalue weighted by Gasteiger charge is 2.50. The van der Waals surface area contributed by atoms with E-state index < -0.39 is 67.3 Å². The summed E-state index contributed by atoms with van der Waals surface area (Å²) in [6.07, 6.45) is 43.7. The SMILES string of the molecule is CCC/C=C\C/C=C\CCCCCCCC(=O)OC(COC(=O)CCCCCCCCC/C=C\C/C=C\CCCCC)COC1OC(C(=O)O)C(O)C(O)C1OC(=O)CCCCCCCCCCCCC. The fourth-order valence-corrected chi connectivity index (χ4v) is 8.44.